The van der Waals surface area contributed by atoms with Crippen molar-refractivity contribution in [1.29, 1.82) is 0 Å². The Hall–Kier alpha value is -1.38. The largest absolute Gasteiger partial charge is 0.336 e. The molecule has 0 N–H and O–H groups in total. The lowest BCUT2D eigenvalue weighted by Crippen LogP contribution is -2.39. The van der Waals surface area contributed by atoms with E-state index in [2.05, 4.69) is 13.8 Å². The molecule has 3 heteroatoms. The van der Waals surface area contributed by atoms with Crippen molar-refractivity contribution in [3.8, 4) is 0 Å². The van der Waals surface area contributed by atoms with Crippen LogP contribution in [-0.4, -0.2) is 23.4 Å². The predicted octanol–water partition coefficient (Wildman–Crippen LogP) is 4.17. The van der Waals surface area contributed by atoms with Gasteiger partial charge in [0.2, 0.25) is 0 Å². The van der Waals surface area contributed by atoms with E-state index < -0.39 is 0 Å². The van der Waals surface area contributed by atoms with Gasteiger partial charge in [-0.2, -0.15) is 0 Å². The lowest BCUT2D eigenvalue weighted by atomic mass is 10.1. The van der Waals surface area contributed by atoms with Gasteiger partial charge in [-0.3, -0.25) is 4.79 Å². The van der Waals surface area contributed by atoms with Crippen LogP contribution in [0.4, 0.5) is 4.39 Å². The number of benzene rings is 1. The number of nitrogens with zero attached hydrogens (tertiary/aromatic N) is 1. The highest BCUT2D eigenvalue weighted by atomic mass is 19.1. The van der Waals surface area contributed by atoms with Crippen molar-refractivity contribution in [1.82, 2.24) is 4.90 Å². The monoisotopic (exact) mass is 265 g/mol. The molecule has 0 aliphatic rings. The summed E-state index contributed by atoms with van der Waals surface area (Å²) in [7, 11) is 0. The van der Waals surface area contributed by atoms with Gasteiger partial charge in [-0.25, -0.2) is 4.39 Å². The Labute approximate surface area is 115 Å². The molecule has 106 valence electrons. The van der Waals surface area contributed by atoms with Gasteiger partial charge in [0, 0.05) is 18.2 Å². The van der Waals surface area contributed by atoms with Gasteiger partial charge in [0.1, 0.15) is 5.82 Å². The first-order valence-corrected chi connectivity index (χ1v) is 7.08. The summed E-state index contributed by atoms with van der Waals surface area (Å²) in [5.41, 5.74) is 1.31. The first-order chi connectivity index (χ1) is 9.01. The molecule has 0 heterocycles. The molecule has 0 bridgehead atoms. The van der Waals surface area contributed by atoms with Crippen LogP contribution in [0.25, 0.3) is 0 Å². The van der Waals surface area contributed by atoms with E-state index in [1.54, 1.807) is 6.07 Å². The van der Waals surface area contributed by atoms with Crippen molar-refractivity contribution in [2.75, 3.05) is 6.54 Å². The number of hydrogen-bond donors (Lipinski definition) is 0. The Balaban J connectivity index is 3.00. The number of halogens is 1. The van der Waals surface area contributed by atoms with Crippen molar-refractivity contribution in [3.63, 3.8) is 0 Å². The SMILES string of the molecule is CCCCN(C(=O)c1cc(F)ccc1C)C(C)CC. The zero-order chi connectivity index (χ0) is 14.4. The average molecular weight is 265 g/mol. The van der Waals surface area contributed by atoms with Gasteiger partial charge < -0.3 is 4.90 Å². The minimum absolute atomic E-state index is 0.0557. The van der Waals surface area contributed by atoms with E-state index in [0.717, 1.165) is 31.4 Å². The van der Waals surface area contributed by atoms with E-state index in [1.165, 1.54) is 12.1 Å². The first-order valence-electron chi connectivity index (χ1n) is 7.08. The third-order valence-electron chi connectivity index (χ3n) is 3.57. The van der Waals surface area contributed by atoms with E-state index in [1.807, 2.05) is 18.7 Å². The number of amides is 1. The summed E-state index contributed by atoms with van der Waals surface area (Å²) in [4.78, 5) is 14.4. The fourth-order valence-electron chi connectivity index (χ4n) is 2.05. The highest BCUT2D eigenvalue weighted by Crippen LogP contribution is 2.16. The van der Waals surface area contributed by atoms with E-state index in [9.17, 15) is 9.18 Å². The van der Waals surface area contributed by atoms with Gasteiger partial charge in [0.15, 0.2) is 0 Å². The molecule has 1 aromatic carbocycles. The van der Waals surface area contributed by atoms with Crippen LogP contribution in [0.3, 0.4) is 0 Å². The molecule has 0 saturated carbocycles. The van der Waals surface area contributed by atoms with Crippen LogP contribution in [0, 0.1) is 12.7 Å². The first kappa shape index (κ1) is 15.7. The van der Waals surface area contributed by atoms with Crippen LogP contribution in [-0.2, 0) is 0 Å². The van der Waals surface area contributed by atoms with E-state index in [4.69, 9.17) is 0 Å². The maximum atomic E-state index is 13.3. The quantitative estimate of drug-likeness (QED) is 0.755. The maximum absolute atomic E-state index is 13.3. The lowest BCUT2D eigenvalue weighted by Gasteiger charge is -2.29. The summed E-state index contributed by atoms with van der Waals surface area (Å²) in [5, 5.41) is 0. The normalized spacial score (nSPS) is 12.3. The molecule has 0 spiro atoms. The molecule has 1 atom stereocenters. The molecule has 1 amide bonds. The van der Waals surface area contributed by atoms with Crippen LogP contribution in [0.5, 0.6) is 0 Å². The number of unbranched alkanes of at least 4 members (excludes halogenated alkanes) is 1. The smallest absolute Gasteiger partial charge is 0.254 e. The molecule has 1 rings (SSSR count). The van der Waals surface area contributed by atoms with Gasteiger partial charge in [0.25, 0.3) is 5.91 Å². The van der Waals surface area contributed by atoms with Crippen molar-refractivity contribution in [2.24, 2.45) is 0 Å². The van der Waals surface area contributed by atoms with Crippen LogP contribution in [0.1, 0.15) is 56.0 Å². The van der Waals surface area contributed by atoms with Gasteiger partial charge in [-0.15, -0.1) is 0 Å². The molecule has 0 radical (unpaired) electrons. The minimum atomic E-state index is -0.353. The highest BCUT2D eigenvalue weighted by Gasteiger charge is 2.21. The Bertz CT molecular complexity index is 431. The fourth-order valence-corrected chi connectivity index (χ4v) is 2.05. The summed E-state index contributed by atoms with van der Waals surface area (Å²) in [6.07, 6.45) is 2.93. The van der Waals surface area contributed by atoms with Gasteiger partial charge in [-0.05, 0) is 44.4 Å². The standard InChI is InChI=1S/C16H24FNO/c1-5-7-10-18(13(4)6-2)16(19)15-11-14(17)9-8-12(15)3/h8-9,11,13H,5-7,10H2,1-4H3. The van der Waals surface area contributed by atoms with Crippen molar-refractivity contribution >= 4 is 5.91 Å². The van der Waals surface area contributed by atoms with Crippen LogP contribution >= 0.6 is 0 Å². The molecule has 0 aliphatic heterocycles. The zero-order valence-electron chi connectivity index (χ0n) is 12.4. The van der Waals surface area contributed by atoms with E-state index >= 15 is 0 Å². The zero-order valence-corrected chi connectivity index (χ0v) is 12.4. The summed E-state index contributed by atoms with van der Waals surface area (Å²) in [6, 6.07) is 4.59. The van der Waals surface area contributed by atoms with Gasteiger partial charge in [0.05, 0.1) is 0 Å². The molecule has 1 unspecified atom stereocenters. The number of carbonyl (C=O) groups excluding carboxylic acids is 1. The topological polar surface area (TPSA) is 20.3 Å². The number of rotatable bonds is 6. The summed E-state index contributed by atoms with van der Waals surface area (Å²) >= 11 is 0. The Morgan fingerprint density at radius 3 is 2.63 bits per heavy atom. The summed E-state index contributed by atoms with van der Waals surface area (Å²) < 4.78 is 13.3. The molecule has 0 saturated heterocycles. The predicted molar refractivity (Wildman–Crippen MR) is 76.8 cm³/mol. The third-order valence-corrected chi connectivity index (χ3v) is 3.57. The van der Waals surface area contributed by atoms with E-state index in [-0.39, 0.29) is 17.8 Å². The molecule has 19 heavy (non-hydrogen) atoms. The lowest BCUT2D eigenvalue weighted by molar-refractivity contribution is 0.0684. The van der Waals surface area contributed by atoms with Crippen molar-refractivity contribution in [2.45, 2.75) is 53.0 Å². The van der Waals surface area contributed by atoms with Crippen LogP contribution < -0.4 is 0 Å². The summed E-state index contributed by atoms with van der Waals surface area (Å²) in [5.74, 6) is -0.409. The third kappa shape index (κ3) is 4.05. The second kappa shape index (κ2) is 7.27. The van der Waals surface area contributed by atoms with Gasteiger partial charge in [-0.1, -0.05) is 26.3 Å². The van der Waals surface area contributed by atoms with Crippen LogP contribution in [0.15, 0.2) is 18.2 Å². The average Bonchev–Trinajstić information content (AvgIpc) is 2.41. The molecular formula is C16H24FNO. The molecule has 1 aromatic rings. The van der Waals surface area contributed by atoms with Crippen LogP contribution in [0.2, 0.25) is 0 Å². The Kier molecular flexibility index (Phi) is 6.00. The number of carbonyl (C=O) groups is 1. The fraction of sp³-hybridized carbons (Fsp3) is 0.562. The second-order valence-corrected chi connectivity index (χ2v) is 5.07. The molecule has 0 aliphatic carbocycles. The number of aryl methyl sites for hydroxylation is 1. The number of hydrogen-bond acceptors (Lipinski definition) is 1. The Morgan fingerprint density at radius 1 is 1.37 bits per heavy atom. The van der Waals surface area contributed by atoms with Gasteiger partial charge >= 0.3 is 0 Å². The van der Waals surface area contributed by atoms with Crippen molar-refractivity contribution < 1.29 is 9.18 Å². The Morgan fingerprint density at radius 2 is 2.05 bits per heavy atom. The maximum Gasteiger partial charge on any atom is 0.254 e. The second-order valence-electron chi connectivity index (χ2n) is 5.07. The highest BCUT2D eigenvalue weighted by molar-refractivity contribution is 5.95. The molecule has 0 aromatic heterocycles. The minimum Gasteiger partial charge on any atom is -0.336 e. The van der Waals surface area contributed by atoms with E-state index in [0.29, 0.717) is 5.56 Å². The molecular weight excluding hydrogens is 241 g/mol. The molecule has 2 nitrogen and oxygen atoms in total. The summed E-state index contributed by atoms with van der Waals surface area (Å²) in [6.45, 7) is 8.80. The molecule has 0 fully saturated rings. The van der Waals surface area contributed by atoms with Crippen molar-refractivity contribution in [3.05, 3.63) is 35.1 Å².